The second-order valence-corrected chi connectivity index (χ2v) is 8.33. The van der Waals surface area contributed by atoms with Gasteiger partial charge in [0.1, 0.15) is 0 Å². The summed E-state index contributed by atoms with van der Waals surface area (Å²) in [4.78, 5) is 6.67. The molecular weight excluding hydrogens is 320 g/mol. The zero-order chi connectivity index (χ0) is 16.4. The number of thioether (sulfide) groups is 1. The van der Waals surface area contributed by atoms with Crippen LogP contribution in [-0.2, 0) is 24.4 Å². The van der Waals surface area contributed by atoms with Crippen molar-refractivity contribution in [2.24, 2.45) is 0 Å². The van der Waals surface area contributed by atoms with Crippen LogP contribution in [0.25, 0.3) is 0 Å². The van der Waals surface area contributed by atoms with E-state index in [1.54, 1.807) is 6.20 Å². The maximum Gasteiger partial charge on any atom is 0.0736 e. The molecule has 6 heteroatoms. The van der Waals surface area contributed by atoms with Crippen LogP contribution in [0, 0.1) is 0 Å². The fourth-order valence-electron chi connectivity index (χ4n) is 3.63. The molecule has 2 saturated heterocycles. The quantitative estimate of drug-likeness (QED) is 0.806. The van der Waals surface area contributed by atoms with Gasteiger partial charge in [-0.15, -0.1) is 11.8 Å². The van der Waals surface area contributed by atoms with Gasteiger partial charge in [-0.2, -0.15) is 5.10 Å². The fraction of sp³-hybridized carbons (Fsp3) is 0.556. The van der Waals surface area contributed by atoms with Crippen LogP contribution in [0.1, 0.15) is 24.5 Å². The number of pyridine rings is 1. The third-order valence-corrected chi connectivity index (χ3v) is 6.40. The van der Waals surface area contributed by atoms with Gasteiger partial charge in [-0.1, -0.05) is 6.07 Å². The molecule has 0 N–H and O–H groups in total. The third-order valence-electron chi connectivity index (χ3n) is 4.82. The van der Waals surface area contributed by atoms with Gasteiger partial charge in [0.2, 0.25) is 0 Å². The van der Waals surface area contributed by atoms with E-state index < -0.39 is 0 Å². The van der Waals surface area contributed by atoms with Crippen LogP contribution >= 0.6 is 11.8 Å². The van der Waals surface area contributed by atoms with Gasteiger partial charge in [-0.25, -0.2) is 0 Å². The summed E-state index contributed by atoms with van der Waals surface area (Å²) in [6, 6.07) is 4.04. The van der Waals surface area contributed by atoms with Gasteiger partial charge in [-0.3, -0.25) is 14.6 Å². The molecule has 1 spiro atoms. The Bertz CT molecular complexity index is 669. The molecule has 2 aliphatic rings. The Morgan fingerprint density at radius 2 is 2.25 bits per heavy atom. The summed E-state index contributed by atoms with van der Waals surface area (Å²) in [5.74, 6) is 1.11. The lowest BCUT2D eigenvalue weighted by Gasteiger charge is -2.47. The van der Waals surface area contributed by atoms with Crippen molar-refractivity contribution in [3.8, 4) is 0 Å². The molecule has 4 heterocycles. The Balaban J connectivity index is 1.23. The molecule has 2 aliphatic heterocycles. The van der Waals surface area contributed by atoms with E-state index in [2.05, 4.69) is 45.9 Å². The first kappa shape index (κ1) is 16.1. The first-order valence-corrected chi connectivity index (χ1v) is 9.61. The summed E-state index contributed by atoms with van der Waals surface area (Å²) in [5, 5.41) is 4.36. The Kier molecular flexibility index (Phi) is 4.61. The molecular formula is C18H24N4OS. The van der Waals surface area contributed by atoms with Gasteiger partial charge < -0.3 is 4.74 Å². The van der Waals surface area contributed by atoms with Crippen molar-refractivity contribution in [3.63, 3.8) is 0 Å². The van der Waals surface area contributed by atoms with Crippen molar-refractivity contribution in [2.75, 3.05) is 18.8 Å². The molecule has 0 aliphatic carbocycles. The monoisotopic (exact) mass is 344 g/mol. The van der Waals surface area contributed by atoms with Crippen LogP contribution in [0.5, 0.6) is 0 Å². The largest absolute Gasteiger partial charge is 0.373 e. The molecule has 1 unspecified atom stereocenters. The summed E-state index contributed by atoms with van der Waals surface area (Å²) in [5.41, 5.74) is 2.48. The first-order valence-electron chi connectivity index (χ1n) is 8.63. The molecule has 0 bridgehead atoms. The van der Waals surface area contributed by atoms with Crippen LogP contribution < -0.4 is 0 Å². The van der Waals surface area contributed by atoms with Crippen molar-refractivity contribution >= 4 is 11.8 Å². The molecule has 0 saturated carbocycles. The minimum absolute atomic E-state index is 0.375. The number of hydrogen-bond acceptors (Lipinski definition) is 5. The van der Waals surface area contributed by atoms with Crippen molar-refractivity contribution in [1.29, 1.82) is 0 Å². The van der Waals surface area contributed by atoms with E-state index in [9.17, 15) is 0 Å². The summed E-state index contributed by atoms with van der Waals surface area (Å²) in [6.45, 7) is 7.09. The summed E-state index contributed by atoms with van der Waals surface area (Å²) in [7, 11) is 0. The fourth-order valence-corrected chi connectivity index (χ4v) is 5.23. The van der Waals surface area contributed by atoms with Crippen LogP contribution in [0.2, 0.25) is 0 Å². The topological polar surface area (TPSA) is 43.2 Å². The zero-order valence-corrected chi connectivity index (χ0v) is 14.9. The van der Waals surface area contributed by atoms with Crippen LogP contribution in [0.4, 0.5) is 0 Å². The number of aromatic nitrogens is 3. The van der Waals surface area contributed by atoms with Crippen molar-refractivity contribution in [2.45, 2.75) is 43.9 Å². The Labute approximate surface area is 147 Å². The lowest BCUT2D eigenvalue weighted by molar-refractivity contribution is 0.0263. The molecule has 1 atom stereocenters. The Morgan fingerprint density at radius 1 is 1.33 bits per heavy atom. The standard InChI is InChI=1S/C18H24N4OS/c1-2-22-10-16(8-20-22)9-21-13-18(14-21)6-17(12-24-18)23-11-15-4-3-5-19-7-15/h3-5,7-8,10,17H,2,6,9,11-14H2,1H3. The van der Waals surface area contributed by atoms with Gasteiger partial charge >= 0.3 is 0 Å². The molecule has 0 amide bonds. The number of rotatable bonds is 6. The summed E-state index contributed by atoms with van der Waals surface area (Å²) >= 11 is 2.10. The highest BCUT2D eigenvalue weighted by molar-refractivity contribution is 8.01. The second kappa shape index (κ2) is 6.86. The predicted molar refractivity (Wildman–Crippen MR) is 95.8 cm³/mol. The van der Waals surface area contributed by atoms with E-state index in [1.165, 1.54) is 25.1 Å². The van der Waals surface area contributed by atoms with E-state index in [-0.39, 0.29) is 0 Å². The number of nitrogens with zero attached hydrogens (tertiary/aromatic N) is 4. The highest BCUT2D eigenvalue weighted by atomic mass is 32.2. The number of ether oxygens (including phenoxy) is 1. The molecule has 2 aromatic rings. The number of aryl methyl sites for hydroxylation is 1. The molecule has 24 heavy (non-hydrogen) atoms. The van der Waals surface area contributed by atoms with Crippen molar-refractivity contribution in [1.82, 2.24) is 19.7 Å². The van der Waals surface area contributed by atoms with Gasteiger partial charge in [0.15, 0.2) is 0 Å². The molecule has 0 aromatic carbocycles. The predicted octanol–water partition coefficient (Wildman–Crippen LogP) is 2.57. The number of hydrogen-bond donors (Lipinski definition) is 0. The maximum atomic E-state index is 6.10. The molecule has 5 nitrogen and oxygen atoms in total. The molecule has 2 fully saturated rings. The zero-order valence-electron chi connectivity index (χ0n) is 14.1. The summed E-state index contributed by atoms with van der Waals surface area (Å²) < 4.78 is 8.51. The van der Waals surface area contributed by atoms with Gasteiger partial charge in [0, 0.05) is 60.8 Å². The average Bonchev–Trinajstić information content (AvgIpc) is 3.21. The van der Waals surface area contributed by atoms with E-state index >= 15 is 0 Å². The van der Waals surface area contributed by atoms with Crippen LogP contribution in [0.15, 0.2) is 36.9 Å². The Morgan fingerprint density at radius 3 is 3.00 bits per heavy atom. The average molecular weight is 344 g/mol. The van der Waals surface area contributed by atoms with Gasteiger partial charge in [0.25, 0.3) is 0 Å². The maximum absolute atomic E-state index is 6.10. The molecule has 2 aromatic heterocycles. The Hall–Kier alpha value is -1.37. The second-order valence-electron chi connectivity index (χ2n) is 6.84. The smallest absolute Gasteiger partial charge is 0.0736 e. The molecule has 128 valence electrons. The van der Waals surface area contributed by atoms with Crippen LogP contribution in [-0.4, -0.2) is 49.4 Å². The van der Waals surface area contributed by atoms with Gasteiger partial charge in [0.05, 0.1) is 18.9 Å². The van der Waals surface area contributed by atoms with Gasteiger partial charge in [-0.05, 0) is 25.0 Å². The lowest BCUT2D eigenvalue weighted by Crippen LogP contribution is -2.58. The van der Waals surface area contributed by atoms with Crippen molar-refractivity contribution < 1.29 is 4.74 Å². The summed E-state index contributed by atoms with van der Waals surface area (Å²) in [6.07, 6.45) is 9.39. The normalized spacial score (nSPS) is 22.8. The van der Waals surface area contributed by atoms with E-state index in [0.29, 0.717) is 17.5 Å². The minimum atomic E-state index is 0.375. The number of likely N-dealkylation sites (tertiary alicyclic amines) is 1. The van der Waals surface area contributed by atoms with Crippen LogP contribution in [0.3, 0.4) is 0 Å². The first-order chi connectivity index (χ1) is 11.7. The minimum Gasteiger partial charge on any atom is -0.373 e. The molecule has 0 radical (unpaired) electrons. The SMILES string of the molecule is CCn1cc(CN2CC3(CC(OCc4cccnc4)CS3)C2)cn1. The van der Waals surface area contributed by atoms with E-state index in [0.717, 1.165) is 24.4 Å². The lowest BCUT2D eigenvalue weighted by atomic mass is 9.92. The highest BCUT2D eigenvalue weighted by Gasteiger charge is 2.49. The van der Waals surface area contributed by atoms with E-state index in [1.807, 2.05) is 23.1 Å². The van der Waals surface area contributed by atoms with Crippen molar-refractivity contribution in [3.05, 3.63) is 48.0 Å². The molecule has 4 rings (SSSR count). The third kappa shape index (κ3) is 3.50. The van der Waals surface area contributed by atoms with E-state index in [4.69, 9.17) is 4.74 Å². The highest BCUT2D eigenvalue weighted by Crippen LogP contribution is 2.46.